The Kier molecular flexibility index (Phi) is 6.43. The van der Waals surface area contributed by atoms with E-state index in [0.717, 1.165) is 22.9 Å². The van der Waals surface area contributed by atoms with Gasteiger partial charge in [-0.1, -0.05) is 12.1 Å². The molecule has 186 valence electrons. The van der Waals surface area contributed by atoms with E-state index in [4.69, 9.17) is 14.2 Å². The maximum absolute atomic E-state index is 12.8. The molecule has 1 N–H and O–H groups in total. The summed E-state index contributed by atoms with van der Waals surface area (Å²) in [7, 11) is 0. The second kappa shape index (κ2) is 9.99. The van der Waals surface area contributed by atoms with Crippen LogP contribution in [-0.2, 0) is 9.59 Å². The Labute approximate surface area is 213 Å². The zero-order chi connectivity index (χ0) is 25.9. The van der Waals surface area contributed by atoms with Gasteiger partial charge in [-0.05, 0) is 47.7 Å². The van der Waals surface area contributed by atoms with Crippen LogP contribution in [0.25, 0.3) is 6.08 Å². The molecular formula is C24H16N4O8S. The monoisotopic (exact) mass is 520 g/mol. The summed E-state index contributed by atoms with van der Waals surface area (Å²) in [6.45, 7) is -0.339. The van der Waals surface area contributed by atoms with Gasteiger partial charge in [-0.2, -0.15) is 0 Å². The molecule has 0 saturated carbocycles. The number of nitrogens with zero attached hydrogens (tertiary/aromatic N) is 3. The fourth-order valence-corrected chi connectivity index (χ4v) is 4.24. The normalized spacial score (nSPS) is 15.2. The molecule has 3 heterocycles. The highest BCUT2D eigenvalue weighted by molar-refractivity contribution is 8.18. The van der Waals surface area contributed by atoms with Gasteiger partial charge < -0.3 is 19.5 Å². The van der Waals surface area contributed by atoms with Crippen molar-refractivity contribution in [3.8, 4) is 23.1 Å². The van der Waals surface area contributed by atoms with E-state index < -0.39 is 28.5 Å². The Morgan fingerprint density at radius 1 is 1.14 bits per heavy atom. The summed E-state index contributed by atoms with van der Waals surface area (Å²) in [5.74, 6) is 0.546. The van der Waals surface area contributed by atoms with E-state index in [1.165, 1.54) is 18.2 Å². The Morgan fingerprint density at radius 2 is 1.92 bits per heavy atom. The average Bonchev–Trinajstić information content (AvgIpc) is 3.45. The molecule has 0 atom stereocenters. The van der Waals surface area contributed by atoms with Crippen LogP contribution in [0.1, 0.15) is 5.56 Å². The van der Waals surface area contributed by atoms with Gasteiger partial charge in [-0.15, -0.1) is 0 Å². The topological polar surface area (TPSA) is 150 Å². The molecule has 2 aliphatic rings. The standard InChI is InChI=1S/C24H16N4O8S/c29-21(26-15-3-7-18-19(10-15)35-13-34-18)12-27-23(30)20(37-24(27)31)9-14-1-5-17(6-2-14)36-22-8-4-16(11-25-22)28(32)33/h1-11H,12-13H2,(H,26,29)/b20-9-. The molecule has 0 radical (unpaired) electrons. The minimum atomic E-state index is -0.578. The van der Waals surface area contributed by atoms with Crippen molar-refractivity contribution in [3.05, 3.63) is 81.4 Å². The summed E-state index contributed by atoms with van der Waals surface area (Å²) in [4.78, 5) is 52.7. The first-order valence-electron chi connectivity index (χ1n) is 10.7. The molecule has 0 aliphatic carbocycles. The molecule has 2 aliphatic heterocycles. The molecule has 1 fully saturated rings. The van der Waals surface area contributed by atoms with Crippen LogP contribution in [0.3, 0.4) is 0 Å². The van der Waals surface area contributed by atoms with Gasteiger partial charge in [0, 0.05) is 23.9 Å². The number of imide groups is 1. The van der Waals surface area contributed by atoms with E-state index in [1.54, 1.807) is 42.5 Å². The lowest BCUT2D eigenvalue weighted by atomic mass is 10.2. The largest absolute Gasteiger partial charge is 0.454 e. The lowest BCUT2D eigenvalue weighted by Gasteiger charge is -2.12. The van der Waals surface area contributed by atoms with Crippen LogP contribution < -0.4 is 19.5 Å². The number of benzene rings is 2. The molecule has 5 rings (SSSR count). The number of amides is 3. The Balaban J connectivity index is 1.20. The third-order valence-electron chi connectivity index (χ3n) is 5.16. The first-order chi connectivity index (χ1) is 17.9. The predicted octanol–water partition coefficient (Wildman–Crippen LogP) is 4.19. The number of nitrogens with one attached hydrogen (secondary N) is 1. The first kappa shape index (κ1) is 23.8. The van der Waals surface area contributed by atoms with Crippen molar-refractivity contribution < 1.29 is 33.5 Å². The summed E-state index contributed by atoms with van der Waals surface area (Å²) >= 11 is 0.737. The van der Waals surface area contributed by atoms with Crippen LogP contribution in [0.5, 0.6) is 23.1 Å². The molecule has 1 saturated heterocycles. The molecule has 3 amide bonds. The lowest BCUT2D eigenvalue weighted by molar-refractivity contribution is -0.385. The molecule has 37 heavy (non-hydrogen) atoms. The third-order valence-corrected chi connectivity index (χ3v) is 6.07. The van der Waals surface area contributed by atoms with Crippen LogP contribution in [-0.4, -0.2) is 45.2 Å². The Bertz CT molecular complexity index is 1440. The molecule has 0 spiro atoms. The number of fused-ring (bicyclic) bond motifs is 1. The number of ether oxygens (including phenoxy) is 3. The minimum absolute atomic E-state index is 0.0998. The molecule has 3 aromatic rings. The Morgan fingerprint density at radius 3 is 2.65 bits per heavy atom. The van der Waals surface area contributed by atoms with Crippen LogP contribution in [0.15, 0.2) is 65.7 Å². The number of aromatic nitrogens is 1. The van der Waals surface area contributed by atoms with Crippen molar-refractivity contribution in [2.45, 2.75) is 0 Å². The van der Waals surface area contributed by atoms with Gasteiger partial charge in [0.2, 0.25) is 18.6 Å². The van der Waals surface area contributed by atoms with Crippen LogP contribution in [0.4, 0.5) is 16.2 Å². The molecule has 12 nitrogen and oxygen atoms in total. The van der Waals surface area contributed by atoms with Crippen molar-refractivity contribution in [3.63, 3.8) is 0 Å². The fourth-order valence-electron chi connectivity index (χ4n) is 3.40. The van der Waals surface area contributed by atoms with Gasteiger partial charge in [0.05, 0.1) is 9.83 Å². The maximum atomic E-state index is 12.8. The number of anilines is 1. The van der Waals surface area contributed by atoms with Gasteiger partial charge in [-0.25, -0.2) is 4.98 Å². The van der Waals surface area contributed by atoms with Gasteiger partial charge >= 0.3 is 0 Å². The number of hydrogen-bond acceptors (Lipinski definition) is 10. The van der Waals surface area contributed by atoms with Gasteiger partial charge in [-0.3, -0.25) is 29.4 Å². The van der Waals surface area contributed by atoms with Crippen molar-refractivity contribution in [1.82, 2.24) is 9.88 Å². The third kappa shape index (κ3) is 5.36. The minimum Gasteiger partial charge on any atom is -0.454 e. The molecular weight excluding hydrogens is 504 g/mol. The van der Waals surface area contributed by atoms with E-state index in [9.17, 15) is 24.5 Å². The van der Waals surface area contributed by atoms with Crippen LogP contribution in [0.2, 0.25) is 0 Å². The summed E-state index contributed by atoms with van der Waals surface area (Å²) in [6, 6.07) is 14.1. The number of carbonyl (C=O) groups is 3. The molecule has 13 heteroatoms. The van der Waals surface area contributed by atoms with E-state index in [0.29, 0.717) is 28.5 Å². The average molecular weight is 520 g/mol. The number of nitro groups is 1. The van der Waals surface area contributed by atoms with Crippen LogP contribution >= 0.6 is 11.8 Å². The highest BCUT2D eigenvalue weighted by atomic mass is 32.2. The number of pyridine rings is 1. The lowest BCUT2D eigenvalue weighted by Crippen LogP contribution is -2.36. The van der Waals surface area contributed by atoms with Crippen molar-refractivity contribution in [2.75, 3.05) is 18.7 Å². The quantitative estimate of drug-likeness (QED) is 0.273. The van der Waals surface area contributed by atoms with Crippen molar-refractivity contribution in [1.29, 1.82) is 0 Å². The SMILES string of the molecule is O=C(CN1C(=O)S/C(=C\c2ccc(Oc3ccc([N+](=O)[O-])cn3)cc2)C1=O)Nc1ccc2c(c1)OCO2. The molecule has 0 unspecified atom stereocenters. The summed E-state index contributed by atoms with van der Waals surface area (Å²) in [5.41, 5.74) is 0.921. The van der Waals surface area contributed by atoms with Gasteiger partial charge in [0.25, 0.3) is 16.8 Å². The maximum Gasteiger partial charge on any atom is 0.294 e. The molecule has 0 bridgehead atoms. The summed E-state index contributed by atoms with van der Waals surface area (Å²) in [6.07, 6.45) is 2.63. The van der Waals surface area contributed by atoms with E-state index in [-0.39, 0.29) is 23.3 Å². The molecule has 2 aromatic carbocycles. The van der Waals surface area contributed by atoms with Gasteiger partial charge in [0.1, 0.15) is 18.5 Å². The number of carbonyl (C=O) groups excluding carboxylic acids is 3. The predicted molar refractivity (Wildman–Crippen MR) is 131 cm³/mol. The van der Waals surface area contributed by atoms with Crippen molar-refractivity contribution in [2.24, 2.45) is 0 Å². The zero-order valence-corrected chi connectivity index (χ0v) is 19.6. The summed E-state index contributed by atoms with van der Waals surface area (Å²) in [5, 5.41) is 12.8. The number of thioether (sulfide) groups is 1. The summed E-state index contributed by atoms with van der Waals surface area (Å²) < 4.78 is 16.1. The second-order valence-corrected chi connectivity index (χ2v) is 8.66. The fraction of sp³-hybridized carbons (Fsp3) is 0.0833. The Hall–Kier alpha value is -4.91. The zero-order valence-electron chi connectivity index (χ0n) is 18.8. The highest BCUT2D eigenvalue weighted by Gasteiger charge is 2.36. The van der Waals surface area contributed by atoms with E-state index in [1.807, 2.05) is 0 Å². The number of rotatable bonds is 7. The second-order valence-electron chi connectivity index (χ2n) is 7.67. The number of hydrogen-bond donors (Lipinski definition) is 1. The highest BCUT2D eigenvalue weighted by Crippen LogP contribution is 2.35. The smallest absolute Gasteiger partial charge is 0.294 e. The molecule has 1 aromatic heterocycles. The van der Waals surface area contributed by atoms with Gasteiger partial charge in [0.15, 0.2) is 11.5 Å². The van der Waals surface area contributed by atoms with E-state index in [2.05, 4.69) is 10.3 Å². The first-order valence-corrected chi connectivity index (χ1v) is 11.5. The van der Waals surface area contributed by atoms with Crippen molar-refractivity contribution >= 4 is 46.3 Å². The van der Waals surface area contributed by atoms with Crippen LogP contribution in [0, 0.1) is 10.1 Å². The van der Waals surface area contributed by atoms with E-state index >= 15 is 0 Å².